The van der Waals surface area contributed by atoms with E-state index >= 15 is 0 Å². The summed E-state index contributed by atoms with van der Waals surface area (Å²) in [4.78, 5) is 34.0. The van der Waals surface area contributed by atoms with Gasteiger partial charge in [0.05, 0.1) is 5.52 Å². The Kier molecular flexibility index (Phi) is 3.94. The number of nitrogens with zero attached hydrogens (tertiary/aromatic N) is 1. The first-order chi connectivity index (χ1) is 10.2. The van der Waals surface area contributed by atoms with E-state index < -0.39 is 30.0 Å². The average molecular weight is 308 g/mol. The maximum Gasteiger partial charge on any atom is 0.420 e. The highest BCUT2D eigenvalue weighted by Crippen LogP contribution is 2.19. The van der Waals surface area contributed by atoms with Crippen molar-refractivity contribution in [2.45, 2.75) is 32.9 Å². The van der Waals surface area contributed by atoms with Crippen LogP contribution in [0.25, 0.3) is 11.1 Å². The van der Waals surface area contributed by atoms with Crippen molar-refractivity contribution >= 4 is 28.8 Å². The van der Waals surface area contributed by atoms with E-state index in [-0.39, 0.29) is 5.58 Å². The molecule has 118 valence electrons. The van der Waals surface area contributed by atoms with E-state index in [0.717, 1.165) is 4.57 Å². The molecule has 2 aromatic rings. The number of carboxylic acids is 1. The first kappa shape index (κ1) is 15.6. The third-order valence-corrected chi connectivity index (χ3v) is 2.61. The Balaban J connectivity index is 2.27. The van der Waals surface area contributed by atoms with Crippen molar-refractivity contribution in [2.75, 3.05) is 5.32 Å². The maximum absolute atomic E-state index is 11.7. The van der Waals surface area contributed by atoms with Crippen LogP contribution in [0.4, 0.5) is 10.5 Å². The van der Waals surface area contributed by atoms with E-state index in [1.807, 2.05) is 0 Å². The van der Waals surface area contributed by atoms with E-state index in [0.29, 0.717) is 11.2 Å². The van der Waals surface area contributed by atoms with Crippen molar-refractivity contribution in [2.24, 2.45) is 0 Å². The topological polar surface area (TPSA) is 111 Å². The number of carbonyl (C=O) groups excluding carboxylic acids is 1. The fourth-order valence-electron chi connectivity index (χ4n) is 1.85. The Labute approximate surface area is 125 Å². The summed E-state index contributed by atoms with van der Waals surface area (Å²) in [5.41, 5.74) is 0.255. The highest BCUT2D eigenvalue weighted by molar-refractivity contribution is 5.88. The molecule has 1 aromatic carbocycles. The van der Waals surface area contributed by atoms with Crippen LogP contribution in [0, 0.1) is 0 Å². The second kappa shape index (κ2) is 5.55. The molecule has 0 radical (unpaired) electrons. The van der Waals surface area contributed by atoms with Gasteiger partial charge in [0.15, 0.2) is 5.58 Å². The Morgan fingerprint density at radius 2 is 2.05 bits per heavy atom. The van der Waals surface area contributed by atoms with Gasteiger partial charge in [0, 0.05) is 11.8 Å². The number of aliphatic carboxylic acids is 1. The van der Waals surface area contributed by atoms with Gasteiger partial charge in [-0.25, -0.2) is 9.59 Å². The fraction of sp³-hybridized carbons (Fsp3) is 0.357. The molecule has 2 rings (SSSR count). The summed E-state index contributed by atoms with van der Waals surface area (Å²) in [5.74, 6) is -1.92. The van der Waals surface area contributed by atoms with Gasteiger partial charge in [-0.2, -0.15) is 0 Å². The minimum absolute atomic E-state index is 0.180. The van der Waals surface area contributed by atoms with Gasteiger partial charge in [-0.15, -0.1) is 0 Å². The lowest BCUT2D eigenvalue weighted by molar-refractivity contribution is -0.137. The van der Waals surface area contributed by atoms with Crippen LogP contribution >= 0.6 is 0 Å². The molecule has 8 heteroatoms. The predicted molar refractivity (Wildman–Crippen MR) is 78.0 cm³/mol. The highest BCUT2D eigenvalue weighted by Gasteiger charge is 2.17. The molecule has 1 heterocycles. The number of oxazole rings is 1. The number of fused-ring (bicyclic) bond motifs is 1. The Hall–Kier alpha value is -2.77. The number of carbonyl (C=O) groups is 2. The molecule has 22 heavy (non-hydrogen) atoms. The van der Waals surface area contributed by atoms with Crippen LogP contribution in [0.5, 0.6) is 0 Å². The van der Waals surface area contributed by atoms with E-state index in [9.17, 15) is 14.4 Å². The quantitative estimate of drug-likeness (QED) is 0.897. The second-order valence-electron chi connectivity index (χ2n) is 5.66. The molecule has 0 aliphatic carbocycles. The number of hydrogen-bond donors (Lipinski definition) is 2. The van der Waals surface area contributed by atoms with Crippen molar-refractivity contribution in [3.8, 4) is 0 Å². The molecule has 0 saturated carbocycles. The van der Waals surface area contributed by atoms with Crippen molar-refractivity contribution in [3.63, 3.8) is 0 Å². The van der Waals surface area contributed by atoms with E-state index in [2.05, 4.69) is 5.32 Å². The van der Waals surface area contributed by atoms with Gasteiger partial charge >= 0.3 is 17.8 Å². The zero-order chi connectivity index (χ0) is 16.5. The minimum atomic E-state index is -1.15. The van der Waals surface area contributed by atoms with Crippen molar-refractivity contribution in [1.82, 2.24) is 4.57 Å². The summed E-state index contributed by atoms with van der Waals surface area (Å²) < 4.78 is 11.1. The summed E-state index contributed by atoms with van der Waals surface area (Å²) in [6.07, 6.45) is -0.640. The molecule has 0 aliphatic rings. The number of ether oxygens (including phenoxy) is 1. The lowest BCUT2D eigenvalue weighted by atomic mass is 10.2. The summed E-state index contributed by atoms with van der Waals surface area (Å²) in [7, 11) is 0. The molecule has 0 atom stereocenters. The summed E-state index contributed by atoms with van der Waals surface area (Å²) in [5, 5.41) is 11.3. The largest absolute Gasteiger partial charge is 0.480 e. The lowest BCUT2D eigenvalue weighted by Gasteiger charge is -2.19. The third kappa shape index (κ3) is 3.66. The molecular formula is C14H16N2O6. The molecule has 0 spiro atoms. The molecule has 1 aromatic heterocycles. The number of carboxylic acid groups (broad SMARTS) is 1. The van der Waals surface area contributed by atoms with Gasteiger partial charge < -0.3 is 14.3 Å². The number of hydrogen-bond acceptors (Lipinski definition) is 5. The third-order valence-electron chi connectivity index (χ3n) is 2.61. The van der Waals surface area contributed by atoms with Gasteiger partial charge in [0.25, 0.3) is 0 Å². The molecule has 2 N–H and O–H groups in total. The van der Waals surface area contributed by atoms with E-state index in [4.69, 9.17) is 14.3 Å². The number of benzene rings is 1. The van der Waals surface area contributed by atoms with Crippen LogP contribution in [0.15, 0.2) is 27.4 Å². The number of rotatable bonds is 3. The van der Waals surface area contributed by atoms with Gasteiger partial charge in [0.1, 0.15) is 12.1 Å². The lowest BCUT2D eigenvalue weighted by Crippen LogP contribution is -2.27. The smallest absolute Gasteiger partial charge is 0.420 e. The Bertz CT molecular complexity index is 781. The molecule has 8 nitrogen and oxygen atoms in total. The molecule has 0 aliphatic heterocycles. The Morgan fingerprint density at radius 3 is 2.64 bits per heavy atom. The van der Waals surface area contributed by atoms with Crippen molar-refractivity contribution < 1.29 is 23.8 Å². The van der Waals surface area contributed by atoms with Crippen molar-refractivity contribution in [3.05, 3.63) is 28.7 Å². The SMILES string of the molecule is CC(C)(C)OC(=O)Nc1ccc2c(c1)oc(=O)n2CC(=O)O. The highest BCUT2D eigenvalue weighted by atomic mass is 16.6. The van der Waals surface area contributed by atoms with Crippen LogP contribution in [0.2, 0.25) is 0 Å². The number of anilines is 1. The van der Waals surface area contributed by atoms with Gasteiger partial charge in [-0.05, 0) is 32.9 Å². The van der Waals surface area contributed by atoms with Gasteiger partial charge in [-0.3, -0.25) is 14.7 Å². The van der Waals surface area contributed by atoms with Crippen LogP contribution in [-0.2, 0) is 16.1 Å². The summed E-state index contributed by atoms with van der Waals surface area (Å²) >= 11 is 0. The van der Waals surface area contributed by atoms with Crippen molar-refractivity contribution in [1.29, 1.82) is 0 Å². The number of aromatic nitrogens is 1. The average Bonchev–Trinajstić information content (AvgIpc) is 2.62. The standard InChI is InChI=1S/C14H16N2O6/c1-14(2,3)22-12(19)15-8-4-5-9-10(6-8)21-13(20)16(9)7-11(17)18/h4-6H,7H2,1-3H3,(H,15,19)(H,17,18). The second-order valence-corrected chi connectivity index (χ2v) is 5.66. The normalized spacial score (nSPS) is 11.4. The van der Waals surface area contributed by atoms with Crippen LogP contribution in [-0.4, -0.2) is 27.3 Å². The molecule has 0 bridgehead atoms. The predicted octanol–water partition coefficient (Wildman–Crippen LogP) is 2.03. The molecule has 0 unspecified atom stereocenters. The number of nitrogens with one attached hydrogen (secondary N) is 1. The number of amides is 1. The summed E-state index contributed by atoms with van der Waals surface area (Å²) in [6.45, 7) is 4.72. The van der Waals surface area contributed by atoms with Gasteiger partial charge in [0.2, 0.25) is 0 Å². The Morgan fingerprint density at radius 1 is 1.36 bits per heavy atom. The zero-order valence-corrected chi connectivity index (χ0v) is 12.4. The molecule has 1 amide bonds. The zero-order valence-electron chi connectivity index (χ0n) is 12.4. The van der Waals surface area contributed by atoms with Crippen LogP contribution < -0.4 is 11.1 Å². The monoisotopic (exact) mass is 308 g/mol. The van der Waals surface area contributed by atoms with Crippen LogP contribution in [0.1, 0.15) is 20.8 Å². The molecular weight excluding hydrogens is 292 g/mol. The fourth-order valence-corrected chi connectivity index (χ4v) is 1.85. The molecule has 0 saturated heterocycles. The first-order valence-electron chi connectivity index (χ1n) is 6.51. The van der Waals surface area contributed by atoms with Crippen LogP contribution in [0.3, 0.4) is 0 Å². The van der Waals surface area contributed by atoms with E-state index in [1.54, 1.807) is 20.8 Å². The van der Waals surface area contributed by atoms with Gasteiger partial charge in [-0.1, -0.05) is 0 Å². The van der Waals surface area contributed by atoms with E-state index in [1.165, 1.54) is 18.2 Å². The first-order valence-corrected chi connectivity index (χ1v) is 6.51. The minimum Gasteiger partial charge on any atom is -0.480 e. The molecule has 0 fully saturated rings. The maximum atomic E-state index is 11.7. The summed E-state index contributed by atoms with van der Waals surface area (Å²) in [6, 6.07) is 4.45.